The maximum absolute atomic E-state index is 5.41. The Balaban J connectivity index is 2.17. The molecule has 3 nitrogen and oxygen atoms in total. The van der Waals surface area contributed by atoms with Gasteiger partial charge in [-0.25, -0.2) is 0 Å². The second-order valence-electron chi connectivity index (χ2n) is 5.28. The SMILES string of the molecule is COc1ccccc1C(C)N=C(C)N1CCCC1C. The third-order valence-electron chi connectivity index (χ3n) is 3.94. The van der Waals surface area contributed by atoms with Crippen LogP contribution in [0.4, 0.5) is 0 Å². The molecule has 0 N–H and O–H groups in total. The lowest BCUT2D eigenvalue weighted by atomic mass is 10.1. The van der Waals surface area contributed by atoms with E-state index in [9.17, 15) is 0 Å². The number of hydrogen-bond donors (Lipinski definition) is 0. The van der Waals surface area contributed by atoms with Gasteiger partial charge < -0.3 is 9.64 Å². The van der Waals surface area contributed by atoms with Crippen molar-refractivity contribution < 1.29 is 4.74 Å². The van der Waals surface area contributed by atoms with Gasteiger partial charge in [-0.2, -0.15) is 0 Å². The largest absolute Gasteiger partial charge is 0.496 e. The lowest BCUT2D eigenvalue weighted by molar-refractivity contribution is 0.401. The second-order valence-corrected chi connectivity index (χ2v) is 5.28. The Morgan fingerprint density at radius 2 is 2.16 bits per heavy atom. The Labute approximate surface area is 116 Å². The van der Waals surface area contributed by atoms with Crippen molar-refractivity contribution in [3.63, 3.8) is 0 Å². The number of ether oxygens (including phenoxy) is 1. The van der Waals surface area contributed by atoms with Crippen molar-refractivity contribution in [3.8, 4) is 5.75 Å². The third-order valence-corrected chi connectivity index (χ3v) is 3.94. The summed E-state index contributed by atoms with van der Waals surface area (Å²) in [6.45, 7) is 7.66. The number of amidine groups is 1. The maximum Gasteiger partial charge on any atom is 0.124 e. The van der Waals surface area contributed by atoms with Crippen molar-refractivity contribution in [2.75, 3.05) is 13.7 Å². The molecule has 2 atom stereocenters. The average molecular weight is 260 g/mol. The second kappa shape index (κ2) is 6.09. The van der Waals surface area contributed by atoms with Gasteiger partial charge in [0.15, 0.2) is 0 Å². The molecule has 0 spiro atoms. The molecular weight excluding hydrogens is 236 g/mol. The number of para-hydroxylation sites is 1. The summed E-state index contributed by atoms with van der Waals surface area (Å²) in [7, 11) is 1.71. The van der Waals surface area contributed by atoms with Gasteiger partial charge in [0.05, 0.1) is 19.0 Å². The topological polar surface area (TPSA) is 24.8 Å². The summed E-state index contributed by atoms with van der Waals surface area (Å²) in [6.07, 6.45) is 2.55. The molecule has 1 fully saturated rings. The number of likely N-dealkylation sites (tertiary alicyclic amines) is 1. The first kappa shape index (κ1) is 13.9. The first-order valence-corrected chi connectivity index (χ1v) is 7.07. The Bertz CT molecular complexity index is 456. The zero-order valence-corrected chi connectivity index (χ0v) is 12.4. The molecule has 0 saturated carbocycles. The van der Waals surface area contributed by atoms with Gasteiger partial charge in [-0.05, 0) is 39.7 Å². The number of rotatable bonds is 3. The summed E-state index contributed by atoms with van der Waals surface area (Å²) in [5.41, 5.74) is 1.15. The molecule has 2 unspecified atom stereocenters. The van der Waals surface area contributed by atoms with E-state index in [2.05, 4.69) is 31.7 Å². The monoisotopic (exact) mass is 260 g/mol. The van der Waals surface area contributed by atoms with E-state index in [4.69, 9.17) is 9.73 Å². The molecule has 1 saturated heterocycles. The predicted molar refractivity (Wildman–Crippen MR) is 79.9 cm³/mol. The highest BCUT2D eigenvalue weighted by molar-refractivity contribution is 5.80. The summed E-state index contributed by atoms with van der Waals surface area (Å²) in [4.78, 5) is 7.26. The molecule has 1 aliphatic rings. The number of hydrogen-bond acceptors (Lipinski definition) is 2. The van der Waals surface area contributed by atoms with E-state index < -0.39 is 0 Å². The number of methoxy groups -OCH3 is 1. The van der Waals surface area contributed by atoms with E-state index >= 15 is 0 Å². The summed E-state index contributed by atoms with van der Waals surface area (Å²) >= 11 is 0. The van der Waals surface area contributed by atoms with Gasteiger partial charge in [0.25, 0.3) is 0 Å². The highest BCUT2D eigenvalue weighted by Gasteiger charge is 2.21. The van der Waals surface area contributed by atoms with Crippen molar-refractivity contribution >= 4 is 5.84 Å². The number of benzene rings is 1. The Hall–Kier alpha value is -1.51. The number of nitrogens with zero attached hydrogens (tertiary/aromatic N) is 2. The molecule has 0 amide bonds. The van der Waals surface area contributed by atoms with Crippen LogP contribution in [0.25, 0.3) is 0 Å². The highest BCUT2D eigenvalue weighted by Crippen LogP contribution is 2.28. The zero-order chi connectivity index (χ0) is 13.8. The molecule has 1 aromatic carbocycles. The van der Waals surface area contributed by atoms with Crippen LogP contribution in [0.15, 0.2) is 29.3 Å². The van der Waals surface area contributed by atoms with Crippen LogP contribution in [0, 0.1) is 0 Å². The fraction of sp³-hybridized carbons (Fsp3) is 0.562. The summed E-state index contributed by atoms with van der Waals surface area (Å²) in [5.74, 6) is 2.06. The first-order chi connectivity index (χ1) is 9.13. The van der Waals surface area contributed by atoms with Gasteiger partial charge in [0.1, 0.15) is 5.75 Å². The van der Waals surface area contributed by atoms with E-state index in [1.807, 2.05) is 18.2 Å². The lowest BCUT2D eigenvalue weighted by Gasteiger charge is -2.24. The van der Waals surface area contributed by atoms with Crippen LogP contribution in [0.3, 0.4) is 0 Å². The van der Waals surface area contributed by atoms with Crippen molar-refractivity contribution in [1.29, 1.82) is 0 Å². The summed E-state index contributed by atoms with van der Waals surface area (Å²) in [6, 6.07) is 8.87. The Morgan fingerprint density at radius 3 is 2.79 bits per heavy atom. The molecule has 1 aliphatic heterocycles. The fourth-order valence-corrected chi connectivity index (χ4v) is 2.85. The van der Waals surface area contributed by atoms with Crippen molar-refractivity contribution in [1.82, 2.24) is 4.90 Å². The molecular formula is C16H24N2O. The minimum Gasteiger partial charge on any atom is -0.496 e. The van der Waals surface area contributed by atoms with Crippen LogP contribution in [0.2, 0.25) is 0 Å². The zero-order valence-electron chi connectivity index (χ0n) is 12.4. The quantitative estimate of drug-likeness (QED) is 0.612. The average Bonchev–Trinajstić information content (AvgIpc) is 2.85. The molecule has 0 aromatic heterocycles. The number of aliphatic imine (C=N–C) groups is 1. The van der Waals surface area contributed by atoms with Crippen LogP contribution in [-0.2, 0) is 0 Å². The summed E-state index contributed by atoms with van der Waals surface area (Å²) < 4.78 is 5.41. The molecule has 3 heteroatoms. The van der Waals surface area contributed by atoms with Gasteiger partial charge in [-0.15, -0.1) is 0 Å². The van der Waals surface area contributed by atoms with E-state index in [-0.39, 0.29) is 6.04 Å². The normalized spacial score (nSPS) is 21.6. The van der Waals surface area contributed by atoms with Crippen molar-refractivity contribution in [2.45, 2.75) is 45.7 Å². The van der Waals surface area contributed by atoms with Crippen LogP contribution in [-0.4, -0.2) is 30.4 Å². The van der Waals surface area contributed by atoms with Crippen LogP contribution in [0.1, 0.15) is 45.2 Å². The Kier molecular flexibility index (Phi) is 4.46. The molecule has 1 heterocycles. The van der Waals surface area contributed by atoms with E-state index in [1.165, 1.54) is 12.8 Å². The maximum atomic E-state index is 5.41. The third kappa shape index (κ3) is 3.09. The molecule has 19 heavy (non-hydrogen) atoms. The lowest BCUT2D eigenvalue weighted by Crippen LogP contribution is -2.32. The summed E-state index contributed by atoms with van der Waals surface area (Å²) in [5, 5.41) is 0. The molecule has 0 radical (unpaired) electrons. The molecule has 1 aromatic rings. The molecule has 2 rings (SSSR count). The first-order valence-electron chi connectivity index (χ1n) is 7.07. The minimum absolute atomic E-state index is 0.129. The van der Waals surface area contributed by atoms with Gasteiger partial charge in [0.2, 0.25) is 0 Å². The molecule has 0 bridgehead atoms. The van der Waals surface area contributed by atoms with E-state index in [0.717, 1.165) is 23.7 Å². The van der Waals surface area contributed by atoms with Crippen LogP contribution < -0.4 is 4.74 Å². The van der Waals surface area contributed by atoms with Gasteiger partial charge in [0, 0.05) is 18.2 Å². The highest BCUT2D eigenvalue weighted by atomic mass is 16.5. The molecule has 104 valence electrons. The smallest absolute Gasteiger partial charge is 0.124 e. The van der Waals surface area contributed by atoms with E-state index in [0.29, 0.717) is 6.04 Å². The van der Waals surface area contributed by atoms with Gasteiger partial charge in [-0.3, -0.25) is 4.99 Å². The van der Waals surface area contributed by atoms with Crippen LogP contribution in [0.5, 0.6) is 5.75 Å². The minimum atomic E-state index is 0.129. The van der Waals surface area contributed by atoms with E-state index in [1.54, 1.807) is 7.11 Å². The molecule has 0 aliphatic carbocycles. The van der Waals surface area contributed by atoms with Crippen LogP contribution >= 0.6 is 0 Å². The fourth-order valence-electron chi connectivity index (χ4n) is 2.85. The standard InChI is InChI=1S/C16H24N2O/c1-12-8-7-11-18(12)14(3)17-13(2)15-9-5-6-10-16(15)19-4/h5-6,9-10,12-13H,7-8,11H2,1-4H3. The van der Waals surface area contributed by atoms with Crippen molar-refractivity contribution in [2.24, 2.45) is 4.99 Å². The van der Waals surface area contributed by atoms with Gasteiger partial charge in [-0.1, -0.05) is 18.2 Å². The van der Waals surface area contributed by atoms with Gasteiger partial charge >= 0.3 is 0 Å². The predicted octanol–water partition coefficient (Wildman–Crippen LogP) is 3.66. The Morgan fingerprint density at radius 1 is 1.42 bits per heavy atom. The van der Waals surface area contributed by atoms with Crippen molar-refractivity contribution in [3.05, 3.63) is 29.8 Å².